The largest absolute Gasteiger partial charge is 0.376 e. The van der Waals surface area contributed by atoms with Gasteiger partial charge >= 0.3 is 0 Å². The highest BCUT2D eigenvalue weighted by Gasteiger charge is 2.10. The highest BCUT2D eigenvalue weighted by Crippen LogP contribution is 2.25. The first-order valence-corrected chi connectivity index (χ1v) is 7.81. The zero-order valence-electron chi connectivity index (χ0n) is 12.0. The van der Waals surface area contributed by atoms with Crippen LogP contribution in [0.15, 0.2) is 46.3 Å². The van der Waals surface area contributed by atoms with Crippen LogP contribution in [0.3, 0.4) is 0 Å². The Morgan fingerprint density at radius 3 is 2.81 bits per heavy atom. The van der Waals surface area contributed by atoms with Crippen molar-refractivity contribution in [2.24, 2.45) is 0 Å². The third-order valence-electron chi connectivity index (χ3n) is 3.22. The molecule has 0 fully saturated rings. The molecule has 3 rings (SSSR count). The van der Waals surface area contributed by atoms with Gasteiger partial charge in [-0.1, -0.05) is 43.3 Å². The molecule has 5 heteroatoms. The molecule has 0 bridgehead atoms. The first-order chi connectivity index (χ1) is 10.2. The van der Waals surface area contributed by atoms with E-state index in [0.29, 0.717) is 24.2 Å². The molecule has 0 saturated carbocycles. The molecule has 0 aliphatic rings. The molecular formula is C16H17N3OS. The van der Waals surface area contributed by atoms with Crippen molar-refractivity contribution in [2.45, 2.75) is 26.3 Å². The quantitative estimate of drug-likeness (QED) is 0.751. The number of benzene rings is 1. The number of anilines is 1. The molecule has 0 amide bonds. The number of aromatic nitrogens is 2. The monoisotopic (exact) mass is 299 g/mol. The maximum atomic E-state index is 5.29. The average Bonchev–Trinajstić information content (AvgIpc) is 3.16. The van der Waals surface area contributed by atoms with E-state index < -0.39 is 0 Å². The van der Waals surface area contributed by atoms with Crippen LogP contribution in [0.4, 0.5) is 5.69 Å². The van der Waals surface area contributed by atoms with Gasteiger partial charge in [0.25, 0.3) is 0 Å². The zero-order valence-corrected chi connectivity index (χ0v) is 12.9. The maximum Gasteiger partial charge on any atom is 0.246 e. The van der Waals surface area contributed by atoms with Crippen molar-refractivity contribution in [1.82, 2.24) is 10.1 Å². The minimum atomic E-state index is 0.470. The summed E-state index contributed by atoms with van der Waals surface area (Å²) in [5.41, 5.74) is 2.40. The van der Waals surface area contributed by atoms with E-state index in [1.54, 1.807) is 11.3 Å². The van der Waals surface area contributed by atoms with Gasteiger partial charge in [0.2, 0.25) is 11.7 Å². The molecule has 0 atom stereocenters. The number of nitrogens with zero attached hydrogens (tertiary/aromatic N) is 2. The normalized spacial score (nSPS) is 11.0. The average molecular weight is 299 g/mol. The highest BCUT2D eigenvalue weighted by atomic mass is 32.1. The van der Waals surface area contributed by atoms with Crippen LogP contribution >= 0.6 is 11.3 Å². The van der Waals surface area contributed by atoms with Gasteiger partial charge in [-0.3, -0.25) is 0 Å². The van der Waals surface area contributed by atoms with Gasteiger partial charge in [-0.05, 0) is 29.0 Å². The molecule has 108 valence electrons. The van der Waals surface area contributed by atoms with Crippen molar-refractivity contribution in [3.05, 3.63) is 53.2 Å². The van der Waals surface area contributed by atoms with Crippen LogP contribution in [-0.4, -0.2) is 10.1 Å². The molecule has 3 aromatic rings. The molecule has 1 N–H and O–H groups in total. The van der Waals surface area contributed by atoms with E-state index in [4.69, 9.17) is 4.52 Å². The van der Waals surface area contributed by atoms with Gasteiger partial charge in [-0.15, -0.1) is 11.3 Å². The molecule has 0 unspecified atom stereocenters. The Morgan fingerprint density at radius 2 is 2.05 bits per heavy atom. The maximum absolute atomic E-state index is 5.29. The summed E-state index contributed by atoms with van der Waals surface area (Å²) in [4.78, 5) is 5.43. The summed E-state index contributed by atoms with van der Waals surface area (Å²) in [5, 5.41) is 9.39. The van der Waals surface area contributed by atoms with Gasteiger partial charge in [-0.25, -0.2) is 0 Å². The van der Waals surface area contributed by atoms with E-state index in [1.165, 1.54) is 5.56 Å². The zero-order chi connectivity index (χ0) is 14.7. The van der Waals surface area contributed by atoms with E-state index in [1.807, 2.05) is 23.6 Å². The first-order valence-electron chi connectivity index (χ1n) is 6.93. The summed E-state index contributed by atoms with van der Waals surface area (Å²) < 4.78 is 5.29. The number of nitrogens with one attached hydrogen (secondary N) is 1. The molecule has 0 saturated heterocycles. The van der Waals surface area contributed by atoms with E-state index in [9.17, 15) is 0 Å². The summed E-state index contributed by atoms with van der Waals surface area (Å²) >= 11 is 1.60. The number of para-hydroxylation sites is 1. The molecule has 0 radical (unpaired) electrons. The van der Waals surface area contributed by atoms with Crippen molar-refractivity contribution in [3.8, 4) is 10.7 Å². The van der Waals surface area contributed by atoms with Crippen LogP contribution < -0.4 is 5.32 Å². The van der Waals surface area contributed by atoms with E-state index >= 15 is 0 Å². The van der Waals surface area contributed by atoms with Gasteiger partial charge in [-0.2, -0.15) is 4.98 Å². The Hall–Kier alpha value is -2.14. The number of thiophene rings is 1. The first kappa shape index (κ1) is 13.8. The molecule has 0 spiro atoms. The fourth-order valence-corrected chi connectivity index (χ4v) is 2.81. The Morgan fingerprint density at radius 1 is 1.19 bits per heavy atom. The van der Waals surface area contributed by atoms with Crippen LogP contribution in [0.5, 0.6) is 0 Å². The molecular weight excluding hydrogens is 282 g/mol. The lowest BCUT2D eigenvalue weighted by atomic mass is 10.0. The fourth-order valence-electron chi connectivity index (χ4n) is 2.16. The molecule has 0 aliphatic heterocycles. The third-order valence-corrected chi connectivity index (χ3v) is 4.09. The van der Waals surface area contributed by atoms with Crippen LogP contribution in [0.2, 0.25) is 0 Å². The van der Waals surface area contributed by atoms with Crippen molar-refractivity contribution in [3.63, 3.8) is 0 Å². The SMILES string of the molecule is CC(C)c1ccccc1NCc1nc(-c2cccs2)no1. The fraction of sp³-hybridized carbons (Fsp3) is 0.250. The second kappa shape index (κ2) is 6.10. The van der Waals surface area contributed by atoms with Crippen molar-refractivity contribution >= 4 is 17.0 Å². The molecule has 21 heavy (non-hydrogen) atoms. The van der Waals surface area contributed by atoms with Gasteiger partial charge in [0.05, 0.1) is 11.4 Å². The predicted molar refractivity (Wildman–Crippen MR) is 85.5 cm³/mol. The second-order valence-electron chi connectivity index (χ2n) is 5.08. The van der Waals surface area contributed by atoms with E-state index in [2.05, 4.69) is 47.5 Å². The van der Waals surface area contributed by atoms with Gasteiger partial charge < -0.3 is 9.84 Å². The van der Waals surface area contributed by atoms with Crippen molar-refractivity contribution in [1.29, 1.82) is 0 Å². The third kappa shape index (κ3) is 3.13. The van der Waals surface area contributed by atoms with E-state index in [-0.39, 0.29) is 0 Å². The lowest BCUT2D eigenvalue weighted by molar-refractivity contribution is 0.384. The molecule has 0 aliphatic carbocycles. The summed E-state index contributed by atoms with van der Waals surface area (Å²) in [6, 6.07) is 12.3. The molecule has 2 aromatic heterocycles. The molecule has 4 nitrogen and oxygen atoms in total. The van der Waals surface area contributed by atoms with Crippen LogP contribution in [0.1, 0.15) is 31.2 Å². The summed E-state index contributed by atoms with van der Waals surface area (Å²) in [7, 11) is 0. The summed E-state index contributed by atoms with van der Waals surface area (Å²) in [5.74, 6) is 1.72. The number of hydrogen-bond donors (Lipinski definition) is 1. The lowest BCUT2D eigenvalue weighted by Gasteiger charge is -2.13. The predicted octanol–water partition coefficient (Wildman–Crippen LogP) is 4.53. The smallest absolute Gasteiger partial charge is 0.246 e. The number of hydrogen-bond acceptors (Lipinski definition) is 5. The van der Waals surface area contributed by atoms with Gasteiger partial charge in [0.1, 0.15) is 0 Å². The number of rotatable bonds is 5. The van der Waals surface area contributed by atoms with Crippen molar-refractivity contribution < 1.29 is 4.52 Å². The second-order valence-corrected chi connectivity index (χ2v) is 6.03. The van der Waals surface area contributed by atoms with Gasteiger partial charge in [0.15, 0.2) is 0 Å². The van der Waals surface area contributed by atoms with Crippen molar-refractivity contribution in [2.75, 3.05) is 5.32 Å². The Labute approximate surface area is 127 Å². The molecule has 2 heterocycles. The van der Waals surface area contributed by atoms with Crippen LogP contribution in [0, 0.1) is 0 Å². The van der Waals surface area contributed by atoms with Crippen LogP contribution in [0.25, 0.3) is 10.7 Å². The Balaban J connectivity index is 1.71. The van der Waals surface area contributed by atoms with Gasteiger partial charge in [0, 0.05) is 5.69 Å². The molecule has 1 aromatic carbocycles. The summed E-state index contributed by atoms with van der Waals surface area (Å²) in [6.45, 7) is 4.90. The van der Waals surface area contributed by atoms with Crippen LogP contribution in [-0.2, 0) is 6.54 Å². The standard InChI is InChI=1S/C16H17N3OS/c1-11(2)12-6-3-4-7-13(12)17-10-15-18-16(19-20-15)14-8-5-9-21-14/h3-9,11,17H,10H2,1-2H3. The minimum Gasteiger partial charge on any atom is -0.376 e. The topological polar surface area (TPSA) is 51.0 Å². The Kier molecular flexibility index (Phi) is 4.01. The Bertz CT molecular complexity index is 704. The van der Waals surface area contributed by atoms with E-state index in [0.717, 1.165) is 10.6 Å². The lowest BCUT2D eigenvalue weighted by Crippen LogP contribution is -2.03. The highest BCUT2D eigenvalue weighted by molar-refractivity contribution is 7.13. The minimum absolute atomic E-state index is 0.470. The summed E-state index contributed by atoms with van der Waals surface area (Å²) in [6.07, 6.45) is 0.